The number of ketones is 1. The van der Waals surface area contributed by atoms with Gasteiger partial charge in [-0.15, -0.1) is 18.3 Å². The van der Waals surface area contributed by atoms with Gasteiger partial charge in [-0.05, 0) is 92.9 Å². The number of alkyl halides is 3. The number of piperidine rings is 1. The zero-order valence-corrected chi connectivity index (χ0v) is 26.9. The van der Waals surface area contributed by atoms with Crippen LogP contribution in [0, 0.1) is 19.8 Å². The summed E-state index contributed by atoms with van der Waals surface area (Å²) in [5.74, 6) is 1.42. The van der Waals surface area contributed by atoms with Crippen molar-refractivity contribution in [2.24, 2.45) is 16.0 Å². The second-order valence-corrected chi connectivity index (χ2v) is 11.8. The maximum Gasteiger partial charge on any atom is 0.573 e. The number of halogens is 3. The van der Waals surface area contributed by atoms with Crippen molar-refractivity contribution < 1.29 is 27.4 Å². The molecule has 2 heterocycles. The van der Waals surface area contributed by atoms with Crippen molar-refractivity contribution in [3.63, 3.8) is 0 Å². The van der Waals surface area contributed by atoms with Crippen molar-refractivity contribution in [3.8, 4) is 28.6 Å². The van der Waals surface area contributed by atoms with Crippen molar-refractivity contribution in [1.29, 1.82) is 0 Å². The van der Waals surface area contributed by atoms with Crippen LogP contribution < -0.4 is 20.2 Å². The number of Topliss-reactive ketones (excluding diaryl/α,β-unsaturated/α-hetero) is 1. The van der Waals surface area contributed by atoms with E-state index >= 15 is 0 Å². The minimum absolute atomic E-state index is 0.0516. The average Bonchev–Trinajstić information content (AvgIpc) is 3.55. The molecule has 10 nitrogen and oxygen atoms in total. The maximum atomic E-state index is 12.9. The molecular formula is C33H34F3N7O3S. The van der Waals surface area contributed by atoms with E-state index in [0.717, 1.165) is 59.6 Å². The number of ether oxygens (including phenoxy) is 2. The van der Waals surface area contributed by atoms with Crippen molar-refractivity contribution in [3.05, 3.63) is 83.7 Å². The van der Waals surface area contributed by atoms with E-state index in [1.165, 1.54) is 47.0 Å². The Morgan fingerprint density at radius 2 is 1.74 bits per heavy atom. The quantitative estimate of drug-likeness (QED) is 0.114. The number of aromatic nitrogens is 3. The zero-order chi connectivity index (χ0) is 33.4. The van der Waals surface area contributed by atoms with Crippen LogP contribution in [0.4, 0.5) is 18.9 Å². The van der Waals surface area contributed by atoms with Gasteiger partial charge in [0.1, 0.15) is 23.6 Å². The Balaban J connectivity index is 1.26. The van der Waals surface area contributed by atoms with Crippen molar-refractivity contribution >= 4 is 34.6 Å². The molecule has 246 valence electrons. The minimum atomic E-state index is -4.76. The van der Waals surface area contributed by atoms with E-state index in [1.54, 1.807) is 13.3 Å². The van der Waals surface area contributed by atoms with Crippen molar-refractivity contribution in [2.45, 2.75) is 33.1 Å². The van der Waals surface area contributed by atoms with Crippen molar-refractivity contribution in [1.82, 2.24) is 25.5 Å². The van der Waals surface area contributed by atoms with Gasteiger partial charge in [0, 0.05) is 11.5 Å². The molecule has 3 aromatic carbocycles. The largest absolute Gasteiger partial charge is 0.573 e. The number of hydrazone groups is 1. The number of amidine groups is 1. The van der Waals surface area contributed by atoms with Gasteiger partial charge >= 0.3 is 6.36 Å². The number of nitrogens with zero attached hydrogens (tertiary/aromatic N) is 5. The van der Waals surface area contributed by atoms with Crippen LogP contribution in [0.3, 0.4) is 0 Å². The maximum absolute atomic E-state index is 12.9. The summed E-state index contributed by atoms with van der Waals surface area (Å²) in [5.41, 5.74) is 7.76. The van der Waals surface area contributed by atoms with Crippen LogP contribution in [-0.2, 0) is 4.79 Å². The van der Waals surface area contributed by atoms with Gasteiger partial charge in [-0.3, -0.25) is 10.2 Å². The summed E-state index contributed by atoms with van der Waals surface area (Å²) in [7, 11) is 1.62. The number of hydrogen-bond donors (Lipinski definition) is 2. The first-order valence-electron chi connectivity index (χ1n) is 14.9. The number of benzene rings is 3. The highest BCUT2D eigenvalue weighted by atomic mass is 32.2. The molecule has 47 heavy (non-hydrogen) atoms. The van der Waals surface area contributed by atoms with E-state index < -0.39 is 6.36 Å². The molecule has 0 saturated carbocycles. The van der Waals surface area contributed by atoms with E-state index in [0.29, 0.717) is 22.4 Å². The van der Waals surface area contributed by atoms with Gasteiger partial charge < -0.3 is 14.8 Å². The summed E-state index contributed by atoms with van der Waals surface area (Å²) in [5, 5.41) is 12.6. The third-order valence-electron chi connectivity index (χ3n) is 7.43. The lowest BCUT2D eigenvalue weighted by Crippen LogP contribution is -2.33. The van der Waals surface area contributed by atoms with E-state index in [4.69, 9.17) is 9.73 Å². The Morgan fingerprint density at radius 1 is 1.06 bits per heavy atom. The van der Waals surface area contributed by atoms with Crippen LogP contribution in [0.15, 0.2) is 77.1 Å². The van der Waals surface area contributed by atoms with Gasteiger partial charge in [-0.25, -0.2) is 14.7 Å². The average molecular weight is 666 g/mol. The summed E-state index contributed by atoms with van der Waals surface area (Å²) in [4.78, 5) is 22.1. The number of nitrogens with one attached hydrogen (secondary N) is 2. The van der Waals surface area contributed by atoms with E-state index in [9.17, 15) is 18.0 Å². The number of hydrogen-bond acceptors (Lipinski definition) is 9. The van der Waals surface area contributed by atoms with Crippen molar-refractivity contribution in [2.75, 3.05) is 26.0 Å². The molecule has 1 aliphatic rings. The number of thioether (sulfide) groups is 1. The summed E-state index contributed by atoms with van der Waals surface area (Å²) in [6, 6.07) is 16.6. The molecule has 0 amide bonds. The summed E-state index contributed by atoms with van der Waals surface area (Å²) in [6.45, 7) is 5.62. The lowest BCUT2D eigenvalue weighted by molar-refractivity contribution is -0.274. The minimum Gasteiger partial charge on any atom is -0.497 e. The molecule has 5 rings (SSSR count). The number of methoxy groups -OCH3 is 1. The molecule has 0 bridgehead atoms. The molecule has 1 aliphatic heterocycles. The van der Waals surface area contributed by atoms with Gasteiger partial charge in [-0.2, -0.15) is 5.10 Å². The van der Waals surface area contributed by atoms with E-state index in [-0.39, 0.29) is 17.5 Å². The molecule has 0 atom stereocenters. The Labute approximate surface area is 274 Å². The van der Waals surface area contributed by atoms with Crippen LogP contribution in [0.25, 0.3) is 17.1 Å². The highest BCUT2D eigenvalue weighted by Gasteiger charge is 2.31. The van der Waals surface area contributed by atoms with Crippen LogP contribution in [0.5, 0.6) is 11.5 Å². The Morgan fingerprint density at radius 3 is 2.38 bits per heavy atom. The topological polar surface area (TPSA) is 115 Å². The SMILES string of the molecule is COc1cc(C)c(N=C(N/N=C\c2ccc(-c3ncn(-c4ccc(OC(F)(F)F)cc4)n3)cc2)SCC(=O)C2CCNCC2)c(C)c1. The van der Waals surface area contributed by atoms with Gasteiger partial charge in [0.05, 0.1) is 30.5 Å². The van der Waals surface area contributed by atoms with Crippen LogP contribution in [0.2, 0.25) is 0 Å². The first-order chi connectivity index (χ1) is 22.6. The molecule has 0 aliphatic carbocycles. The van der Waals surface area contributed by atoms with E-state index in [2.05, 4.69) is 30.7 Å². The fraction of sp³-hybridized carbons (Fsp3) is 0.303. The summed E-state index contributed by atoms with van der Waals surface area (Å²) in [6.07, 6.45) is 0.0569. The van der Waals surface area contributed by atoms with Gasteiger partial charge in [-0.1, -0.05) is 36.0 Å². The van der Waals surface area contributed by atoms with Crippen LogP contribution in [0.1, 0.15) is 29.5 Å². The van der Waals surface area contributed by atoms with Crippen LogP contribution in [-0.4, -0.2) is 64.2 Å². The number of rotatable bonds is 10. The molecule has 0 spiro atoms. The second-order valence-electron chi connectivity index (χ2n) is 10.9. The van der Waals surface area contributed by atoms with Gasteiger partial charge in [0.15, 0.2) is 11.0 Å². The fourth-order valence-electron chi connectivity index (χ4n) is 5.00. The fourth-order valence-corrected chi connectivity index (χ4v) is 5.79. The first-order valence-corrected chi connectivity index (χ1v) is 15.8. The standard InChI is InChI=1S/C33H34F3N7O3S/c1-21-16-28(45-3)17-22(2)30(21)40-32(47-19-29(44)24-12-14-37-15-13-24)41-39-18-23-4-6-25(7-5-23)31-38-20-43(42-31)26-8-10-27(11-9-26)46-33(34,35)36/h4-11,16-18,20,24,37H,12-15,19H2,1-3H3,(H,40,41)/b39-18-. The van der Waals surface area contributed by atoms with E-state index in [1.807, 2.05) is 50.2 Å². The molecule has 0 radical (unpaired) electrons. The predicted octanol–water partition coefficient (Wildman–Crippen LogP) is 6.37. The molecule has 0 unspecified atom stereocenters. The first kappa shape index (κ1) is 33.7. The number of aliphatic imine (C=N–C) groups is 1. The summed E-state index contributed by atoms with van der Waals surface area (Å²) < 4.78 is 48.1. The third-order valence-corrected chi connectivity index (χ3v) is 8.31. The smallest absolute Gasteiger partial charge is 0.497 e. The van der Waals surface area contributed by atoms with Gasteiger partial charge in [0.25, 0.3) is 0 Å². The highest BCUT2D eigenvalue weighted by molar-refractivity contribution is 8.14. The van der Waals surface area contributed by atoms with Crippen LogP contribution >= 0.6 is 11.8 Å². The molecule has 1 fully saturated rings. The monoisotopic (exact) mass is 665 g/mol. The molecule has 2 N–H and O–H groups in total. The lowest BCUT2D eigenvalue weighted by atomic mass is 9.94. The molecule has 4 aromatic rings. The molecule has 14 heteroatoms. The molecule has 1 saturated heterocycles. The second kappa shape index (κ2) is 15.3. The Bertz CT molecular complexity index is 1710. The van der Waals surface area contributed by atoms with Gasteiger partial charge in [0.2, 0.25) is 0 Å². The number of carbonyl (C=O) groups is 1. The lowest BCUT2D eigenvalue weighted by Gasteiger charge is -2.21. The third kappa shape index (κ3) is 9.42. The normalized spacial score (nSPS) is 14.4. The Kier molecular flexibility index (Phi) is 10.9. The predicted molar refractivity (Wildman–Crippen MR) is 177 cm³/mol. The highest BCUT2D eigenvalue weighted by Crippen LogP contribution is 2.30. The number of carbonyl (C=O) groups excluding carboxylic acids is 1. The summed E-state index contributed by atoms with van der Waals surface area (Å²) >= 11 is 1.33. The zero-order valence-electron chi connectivity index (χ0n) is 26.0. The number of aryl methyl sites for hydroxylation is 2. The Hall–Kier alpha value is -4.69. The molecular weight excluding hydrogens is 631 g/mol. The molecule has 1 aromatic heterocycles.